The number of amides is 1. The number of ether oxygens (including phenoxy) is 1. The van der Waals surface area contributed by atoms with Crippen molar-refractivity contribution in [2.45, 2.75) is 19.1 Å². The maximum absolute atomic E-state index is 11.7. The van der Waals surface area contributed by atoms with Crippen LogP contribution in [0.15, 0.2) is 28.7 Å². The number of aliphatic hydroxyl groups is 2. The number of carbonyl (C=O) groups is 1. The van der Waals surface area contributed by atoms with E-state index in [1.54, 1.807) is 19.1 Å². The summed E-state index contributed by atoms with van der Waals surface area (Å²) in [6.07, 6.45) is -0.702. The number of aliphatic hydroxyl groups excluding tert-OH is 2. The second-order valence-electron chi connectivity index (χ2n) is 3.78. The minimum Gasteiger partial charge on any atom is -0.481 e. The monoisotopic (exact) mass is 317 g/mol. The van der Waals surface area contributed by atoms with Crippen LogP contribution in [0.2, 0.25) is 0 Å². The van der Waals surface area contributed by atoms with Gasteiger partial charge in [-0.1, -0.05) is 15.9 Å². The molecule has 3 N–H and O–H groups in total. The molecule has 1 amide bonds. The molecule has 1 aromatic carbocycles. The predicted molar refractivity (Wildman–Crippen MR) is 70.3 cm³/mol. The van der Waals surface area contributed by atoms with Crippen molar-refractivity contribution in [3.05, 3.63) is 28.7 Å². The van der Waals surface area contributed by atoms with Gasteiger partial charge >= 0.3 is 0 Å². The van der Waals surface area contributed by atoms with Gasteiger partial charge in [-0.2, -0.15) is 0 Å². The van der Waals surface area contributed by atoms with Crippen LogP contribution in [0, 0.1) is 0 Å². The number of benzene rings is 1. The Balaban J connectivity index is 2.51. The lowest BCUT2D eigenvalue weighted by Gasteiger charge is -2.18. The van der Waals surface area contributed by atoms with Gasteiger partial charge in [0.15, 0.2) is 6.10 Å². The van der Waals surface area contributed by atoms with Gasteiger partial charge in [-0.15, -0.1) is 0 Å². The fourth-order valence-electron chi connectivity index (χ4n) is 1.24. The molecule has 0 aliphatic heterocycles. The minimum atomic E-state index is -0.702. The molecule has 0 fully saturated rings. The zero-order valence-electron chi connectivity index (χ0n) is 9.97. The molecule has 0 aliphatic rings. The van der Waals surface area contributed by atoms with Crippen molar-refractivity contribution in [2.24, 2.45) is 0 Å². The summed E-state index contributed by atoms with van der Waals surface area (Å²) in [6, 6.07) is 6.44. The van der Waals surface area contributed by atoms with Gasteiger partial charge in [0, 0.05) is 4.47 Å². The van der Waals surface area contributed by atoms with Crippen molar-refractivity contribution in [1.29, 1.82) is 0 Å². The smallest absolute Gasteiger partial charge is 0.261 e. The van der Waals surface area contributed by atoms with E-state index in [1.807, 2.05) is 12.1 Å². The van der Waals surface area contributed by atoms with Crippen LogP contribution in [0.3, 0.4) is 0 Å². The third-order valence-electron chi connectivity index (χ3n) is 2.28. The molecule has 0 aromatic heterocycles. The first kappa shape index (κ1) is 14.9. The first-order valence-corrected chi connectivity index (χ1v) is 6.30. The molecule has 6 heteroatoms. The van der Waals surface area contributed by atoms with Gasteiger partial charge in [-0.25, -0.2) is 0 Å². The van der Waals surface area contributed by atoms with Gasteiger partial charge in [0.2, 0.25) is 0 Å². The highest BCUT2D eigenvalue weighted by Gasteiger charge is 2.18. The molecule has 1 atom stereocenters. The standard InChI is InChI=1S/C12H16BrNO4/c1-8(12(17)14-10(6-15)7-16)18-11-4-2-9(13)3-5-11/h2-5,8,10,15-16H,6-7H2,1H3,(H,14,17). The van der Waals surface area contributed by atoms with E-state index in [1.165, 1.54) is 0 Å². The van der Waals surface area contributed by atoms with Crippen LogP contribution >= 0.6 is 15.9 Å². The number of hydrogen-bond acceptors (Lipinski definition) is 4. The quantitative estimate of drug-likeness (QED) is 0.721. The maximum Gasteiger partial charge on any atom is 0.261 e. The van der Waals surface area contributed by atoms with E-state index >= 15 is 0 Å². The molecular formula is C12H16BrNO4. The molecule has 18 heavy (non-hydrogen) atoms. The van der Waals surface area contributed by atoms with Crippen LogP contribution in [-0.4, -0.2) is 41.5 Å². The van der Waals surface area contributed by atoms with Crippen molar-refractivity contribution in [3.63, 3.8) is 0 Å². The normalized spacial score (nSPS) is 12.3. The van der Waals surface area contributed by atoms with Crippen LogP contribution in [0.4, 0.5) is 0 Å². The van der Waals surface area contributed by atoms with E-state index in [9.17, 15) is 4.79 Å². The molecule has 1 unspecified atom stereocenters. The lowest BCUT2D eigenvalue weighted by Crippen LogP contribution is -2.45. The SMILES string of the molecule is CC(Oc1ccc(Br)cc1)C(=O)NC(CO)CO. The number of halogens is 1. The first-order chi connectivity index (χ1) is 8.56. The van der Waals surface area contributed by atoms with Crippen molar-refractivity contribution in [2.75, 3.05) is 13.2 Å². The number of hydrogen-bond donors (Lipinski definition) is 3. The molecule has 0 aliphatic carbocycles. The molecule has 100 valence electrons. The third kappa shape index (κ3) is 4.64. The maximum atomic E-state index is 11.7. The molecule has 1 rings (SSSR count). The van der Waals surface area contributed by atoms with Gasteiger partial charge in [-0.05, 0) is 31.2 Å². The second-order valence-corrected chi connectivity index (χ2v) is 4.70. The van der Waals surface area contributed by atoms with E-state index < -0.39 is 12.1 Å². The van der Waals surface area contributed by atoms with Crippen molar-refractivity contribution in [3.8, 4) is 5.75 Å². The number of carbonyl (C=O) groups excluding carboxylic acids is 1. The van der Waals surface area contributed by atoms with E-state index in [4.69, 9.17) is 14.9 Å². The Morgan fingerprint density at radius 2 is 1.89 bits per heavy atom. The Hall–Kier alpha value is -1.11. The summed E-state index contributed by atoms with van der Waals surface area (Å²) in [4.78, 5) is 11.7. The summed E-state index contributed by atoms with van der Waals surface area (Å²) in [7, 11) is 0. The van der Waals surface area contributed by atoms with Crippen LogP contribution < -0.4 is 10.1 Å². The summed E-state index contributed by atoms with van der Waals surface area (Å²) >= 11 is 3.30. The Morgan fingerprint density at radius 3 is 2.39 bits per heavy atom. The first-order valence-electron chi connectivity index (χ1n) is 5.51. The zero-order valence-corrected chi connectivity index (χ0v) is 11.6. The van der Waals surface area contributed by atoms with E-state index in [0.717, 1.165) is 4.47 Å². The highest BCUT2D eigenvalue weighted by Crippen LogP contribution is 2.17. The summed E-state index contributed by atoms with van der Waals surface area (Å²) in [5.41, 5.74) is 0. The van der Waals surface area contributed by atoms with Gasteiger partial charge < -0.3 is 20.3 Å². The van der Waals surface area contributed by atoms with Crippen molar-refractivity contribution >= 4 is 21.8 Å². The van der Waals surface area contributed by atoms with Crippen LogP contribution in [0.1, 0.15) is 6.92 Å². The average molecular weight is 318 g/mol. The van der Waals surface area contributed by atoms with Crippen LogP contribution in [0.25, 0.3) is 0 Å². The second kappa shape index (κ2) is 7.35. The third-order valence-corrected chi connectivity index (χ3v) is 2.81. The fraction of sp³-hybridized carbons (Fsp3) is 0.417. The van der Waals surface area contributed by atoms with E-state index in [-0.39, 0.29) is 19.1 Å². The highest BCUT2D eigenvalue weighted by atomic mass is 79.9. The largest absolute Gasteiger partial charge is 0.481 e. The van der Waals surface area contributed by atoms with E-state index in [0.29, 0.717) is 5.75 Å². The zero-order chi connectivity index (χ0) is 13.5. The topological polar surface area (TPSA) is 78.8 Å². The molecule has 0 bridgehead atoms. The number of rotatable bonds is 6. The molecule has 0 radical (unpaired) electrons. The summed E-state index contributed by atoms with van der Waals surface area (Å²) < 4.78 is 6.35. The predicted octanol–water partition coefficient (Wildman–Crippen LogP) is 0.686. The molecule has 0 saturated heterocycles. The van der Waals surface area contributed by atoms with E-state index in [2.05, 4.69) is 21.2 Å². The Kier molecular flexibility index (Phi) is 6.11. The molecule has 5 nitrogen and oxygen atoms in total. The molecule has 0 heterocycles. The van der Waals surface area contributed by atoms with Crippen molar-refractivity contribution < 1.29 is 19.7 Å². The van der Waals surface area contributed by atoms with Gasteiger partial charge in [0.05, 0.1) is 19.3 Å². The number of nitrogens with one attached hydrogen (secondary N) is 1. The summed E-state index contributed by atoms with van der Waals surface area (Å²) in [5, 5.41) is 20.2. The molecule has 0 spiro atoms. The van der Waals surface area contributed by atoms with Crippen LogP contribution in [0.5, 0.6) is 5.75 Å². The summed E-state index contributed by atoms with van der Waals surface area (Å²) in [5.74, 6) is 0.191. The van der Waals surface area contributed by atoms with Gasteiger partial charge in [0.25, 0.3) is 5.91 Å². The fourth-order valence-corrected chi connectivity index (χ4v) is 1.50. The highest BCUT2D eigenvalue weighted by molar-refractivity contribution is 9.10. The summed E-state index contributed by atoms with van der Waals surface area (Å²) in [6.45, 7) is 0.976. The van der Waals surface area contributed by atoms with Crippen molar-refractivity contribution in [1.82, 2.24) is 5.32 Å². The Morgan fingerprint density at radius 1 is 1.33 bits per heavy atom. The average Bonchev–Trinajstić information content (AvgIpc) is 2.38. The van der Waals surface area contributed by atoms with Gasteiger partial charge in [0.1, 0.15) is 5.75 Å². The minimum absolute atomic E-state index is 0.312. The Bertz CT molecular complexity index is 378. The lowest BCUT2D eigenvalue weighted by atomic mass is 10.3. The van der Waals surface area contributed by atoms with Gasteiger partial charge in [-0.3, -0.25) is 4.79 Å². The Labute approximate surface area is 114 Å². The molecule has 1 aromatic rings. The molecular weight excluding hydrogens is 302 g/mol. The van der Waals surface area contributed by atoms with Crippen LogP contribution in [-0.2, 0) is 4.79 Å². The lowest BCUT2D eigenvalue weighted by molar-refractivity contribution is -0.128. The molecule has 0 saturated carbocycles.